The van der Waals surface area contributed by atoms with Gasteiger partial charge in [0, 0.05) is 43.0 Å². The van der Waals surface area contributed by atoms with Gasteiger partial charge in [0.05, 0.1) is 5.69 Å². The molecule has 3 aromatic carbocycles. The molecule has 2 aliphatic heterocycles. The summed E-state index contributed by atoms with van der Waals surface area (Å²) in [5.41, 5.74) is 7.67. The van der Waals surface area contributed by atoms with Gasteiger partial charge in [-0.15, -0.1) is 0 Å². The highest BCUT2D eigenvalue weighted by Crippen LogP contribution is 2.30. The van der Waals surface area contributed by atoms with Crippen molar-refractivity contribution >= 4 is 36.0 Å². The highest BCUT2D eigenvalue weighted by Gasteiger charge is 2.18. The van der Waals surface area contributed by atoms with Gasteiger partial charge in [0.25, 0.3) is 11.8 Å². The smallest absolute Gasteiger partial charge is 0.255 e. The zero-order valence-electron chi connectivity index (χ0n) is 19.2. The van der Waals surface area contributed by atoms with Gasteiger partial charge in [-0.2, -0.15) is 0 Å². The molecule has 0 fully saturated rings. The SMILES string of the molecule is CN1CCc2ccc(NC(=O)c3cccc(CNC(=O)c4ccc5c(c4)CCN5S)c3)cc2C1. The molecule has 0 saturated heterocycles. The van der Waals surface area contributed by atoms with Crippen LogP contribution in [0, 0.1) is 0 Å². The standard InChI is InChI=1S/C27H28N4O2S/c1-30-11-9-19-5-7-24(15-23(19)17-30)29-27(33)21-4-2-3-18(13-21)16-28-26(32)22-6-8-25-20(14-22)10-12-31(25)34/h2-8,13-15,34H,9-12,16-17H2,1H3,(H,28,32)(H,29,33). The molecule has 34 heavy (non-hydrogen) atoms. The first-order valence-electron chi connectivity index (χ1n) is 11.5. The molecular weight excluding hydrogens is 444 g/mol. The minimum absolute atomic E-state index is 0.130. The Kier molecular flexibility index (Phi) is 6.30. The molecule has 0 aliphatic carbocycles. The maximum absolute atomic E-state index is 12.9. The largest absolute Gasteiger partial charge is 0.348 e. The van der Waals surface area contributed by atoms with Crippen LogP contribution in [0.5, 0.6) is 0 Å². The maximum atomic E-state index is 12.9. The fraction of sp³-hybridized carbons (Fsp3) is 0.259. The number of amides is 2. The predicted octanol–water partition coefficient (Wildman–Crippen LogP) is 4.06. The summed E-state index contributed by atoms with van der Waals surface area (Å²) in [7, 11) is 2.11. The van der Waals surface area contributed by atoms with E-state index in [-0.39, 0.29) is 11.8 Å². The number of hydrogen-bond donors (Lipinski definition) is 3. The van der Waals surface area contributed by atoms with E-state index in [1.54, 1.807) is 6.07 Å². The van der Waals surface area contributed by atoms with Gasteiger partial charge < -0.3 is 19.8 Å². The van der Waals surface area contributed by atoms with Crippen LogP contribution in [0.3, 0.4) is 0 Å². The molecule has 0 unspecified atom stereocenters. The van der Waals surface area contributed by atoms with Gasteiger partial charge in [-0.3, -0.25) is 9.59 Å². The van der Waals surface area contributed by atoms with E-state index >= 15 is 0 Å². The molecule has 0 bridgehead atoms. The normalized spacial score (nSPS) is 14.9. The second kappa shape index (κ2) is 9.52. The van der Waals surface area contributed by atoms with Gasteiger partial charge in [-0.1, -0.05) is 31.0 Å². The zero-order chi connectivity index (χ0) is 23.7. The number of nitrogens with zero attached hydrogens (tertiary/aromatic N) is 2. The van der Waals surface area contributed by atoms with Crippen molar-refractivity contribution in [3.8, 4) is 0 Å². The zero-order valence-corrected chi connectivity index (χ0v) is 20.1. The van der Waals surface area contributed by atoms with E-state index in [2.05, 4.69) is 47.5 Å². The number of carbonyl (C=O) groups is 2. The lowest BCUT2D eigenvalue weighted by atomic mass is 9.99. The molecule has 0 atom stereocenters. The number of benzene rings is 3. The van der Waals surface area contributed by atoms with E-state index < -0.39 is 0 Å². The van der Waals surface area contributed by atoms with Crippen molar-refractivity contribution in [3.05, 3.63) is 94.0 Å². The third-order valence-corrected chi connectivity index (χ3v) is 6.94. The van der Waals surface area contributed by atoms with E-state index in [1.807, 2.05) is 46.8 Å². The summed E-state index contributed by atoms with van der Waals surface area (Å²) < 4.78 is 1.90. The van der Waals surface area contributed by atoms with Crippen molar-refractivity contribution in [3.63, 3.8) is 0 Å². The van der Waals surface area contributed by atoms with Crippen molar-refractivity contribution in [2.45, 2.75) is 25.9 Å². The Bertz CT molecular complexity index is 1260. The number of carbonyl (C=O) groups excluding carboxylic acids is 2. The molecule has 7 heteroatoms. The fourth-order valence-corrected chi connectivity index (χ4v) is 4.91. The summed E-state index contributed by atoms with van der Waals surface area (Å²) in [4.78, 5) is 27.8. The molecular formula is C27H28N4O2S. The Labute approximate surface area is 205 Å². The molecule has 0 radical (unpaired) electrons. The van der Waals surface area contributed by atoms with Gasteiger partial charge in [0.15, 0.2) is 0 Å². The fourth-order valence-electron chi connectivity index (χ4n) is 4.61. The second-order valence-corrected chi connectivity index (χ2v) is 9.51. The molecule has 2 amide bonds. The average molecular weight is 473 g/mol. The van der Waals surface area contributed by atoms with Gasteiger partial charge in [-0.25, -0.2) is 0 Å². The van der Waals surface area contributed by atoms with E-state index in [0.717, 1.165) is 55.0 Å². The number of hydrogen-bond acceptors (Lipinski definition) is 5. The summed E-state index contributed by atoms with van der Waals surface area (Å²) in [6, 6.07) is 19.2. The Morgan fingerprint density at radius 1 is 0.882 bits per heavy atom. The third-order valence-electron chi connectivity index (χ3n) is 6.52. The lowest BCUT2D eigenvalue weighted by Gasteiger charge is -2.25. The molecule has 2 aliphatic rings. The number of thiol groups is 1. The molecule has 6 nitrogen and oxygen atoms in total. The highest BCUT2D eigenvalue weighted by molar-refractivity contribution is 7.81. The number of fused-ring (bicyclic) bond motifs is 2. The van der Waals surface area contributed by atoms with E-state index in [9.17, 15) is 9.59 Å². The first-order chi connectivity index (χ1) is 16.5. The summed E-state index contributed by atoms with van der Waals surface area (Å²) in [6.45, 7) is 3.15. The van der Waals surface area contributed by atoms with Crippen LogP contribution in [-0.2, 0) is 25.9 Å². The monoisotopic (exact) mass is 472 g/mol. The minimum atomic E-state index is -0.160. The van der Waals surface area contributed by atoms with Crippen molar-refractivity contribution < 1.29 is 9.59 Å². The van der Waals surface area contributed by atoms with Crippen LogP contribution in [-0.4, -0.2) is 36.9 Å². The maximum Gasteiger partial charge on any atom is 0.255 e. The molecule has 0 saturated carbocycles. The summed E-state index contributed by atoms with van der Waals surface area (Å²) >= 11 is 4.43. The highest BCUT2D eigenvalue weighted by atomic mass is 32.1. The summed E-state index contributed by atoms with van der Waals surface area (Å²) in [6.07, 6.45) is 1.92. The average Bonchev–Trinajstić information content (AvgIpc) is 3.22. The van der Waals surface area contributed by atoms with E-state index in [0.29, 0.717) is 17.7 Å². The molecule has 3 aromatic rings. The number of rotatable bonds is 5. The van der Waals surface area contributed by atoms with Gasteiger partial charge in [-0.05, 0) is 84.6 Å². The topological polar surface area (TPSA) is 64.7 Å². The van der Waals surface area contributed by atoms with Crippen LogP contribution in [0.25, 0.3) is 0 Å². The molecule has 0 aromatic heterocycles. The summed E-state index contributed by atoms with van der Waals surface area (Å²) in [5.74, 6) is -0.290. The van der Waals surface area contributed by atoms with Gasteiger partial charge in [0.2, 0.25) is 0 Å². The van der Waals surface area contributed by atoms with Crippen LogP contribution < -0.4 is 14.9 Å². The van der Waals surface area contributed by atoms with E-state index in [4.69, 9.17) is 0 Å². The van der Waals surface area contributed by atoms with Gasteiger partial charge in [0.1, 0.15) is 0 Å². The third kappa shape index (κ3) is 4.81. The van der Waals surface area contributed by atoms with Crippen LogP contribution in [0.1, 0.15) is 43.0 Å². The predicted molar refractivity (Wildman–Crippen MR) is 139 cm³/mol. The molecule has 2 heterocycles. The molecule has 0 spiro atoms. The number of nitrogens with one attached hydrogen (secondary N) is 2. The Hall–Kier alpha value is -3.29. The number of likely N-dealkylation sites (N-methyl/N-ethyl adjacent to an activating group) is 1. The Morgan fingerprint density at radius 2 is 1.71 bits per heavy atom. The van der Waals surface area contributed by atoms with Crippen LogP contribution in [0.15, 0.2) is 60.7 Å². The van der Waals surface area contributed by atoms with Crippen molar-refractivity contribution in [2.75, 3.05) is 29.8 Å². The van der Waals surface area contributed by atoms with Crippen molar-refractivity contribution in [1.82, 2.24) is 10.2 Å². The lowest BCUT2D eigenvalue weighted by Crippen LogP contribution is -2.26. The Balaban J connectivity index is 1.22. The first-order valence-corrected chi connectivity index (χ1v) is 11.9. The van der Waals surface area contributed by atoms with E-state index in [1.165, 1.54) is 11.1 Å². The van der Waals surface area contributed by atoms with Gasteiger partial charge >= 0.3 is 0 Å². The van der Waals surface area contributed by atoms with Crippen molar-refractivity contribution in [1.29, 1.82) is 0 Å². The van der Waals surface area contributed by atoms with Crippen LogP contribution >= 0.6 is 12.8 Å². The van der Waals surface area contributed by atoms with Crippen LogP contribution in [0.2, 0.25) is 0 Å². The number of anilines is 2. The summed E-state index contributed by atoms with van der Waals surface area (Å²) in [5, 5.41) is 5.98. The van der Waals surface area contributed by atoms with Crippen molar-refractivity contribution in [2.24, 2.45) is 0 Å². The molecule has 5 rings (SSSR count). The second-order valence-electron chi connectivity index (χ2n) is 9.03. The quantitative estimate of drug-likeness (QED) is 0.490. The lowest BCUT2D eigenvalue weighted by molar-refractivity contribution is 0.0950. The Morgan fingerprint density at radius 3 is 2.59 bits per heavy atom. The molecule has 2 N–H and O–H groups in total. The van der Waals surface area contributed by atoms with Crippen LogP contribution in [0.4, 0.5) is 11.4 Å². The first kappa shape index (κ1) is 22.5. The molecule has 174 valence electrons. The minimum Gasteiger partial charge on any atom is -0.348 e.